The molecule has 106 valence electrons. The third-order valence-corrected chi connectivity index (χ3v) is 5.48. The van der Waals surface area contributed by atoms with Crippen molar-refractivity contribution in [1.82, 2.24) is 5.01 Å². The molecule has 0 N–H and O–H groups in total. The van der Waals surface area contributed by atoms with Gasteiger partial charge in [0.05, 0.1) is 24.3 Å². The van der Waals surface area contributed by atoms with E-state index in [2.05, 4.69) is 17.3 Å². The zero-order valence-electron chi connectivity index (χ0n) is 11.3. The summed E-state index contributed by atoms with van der Waals surface area (Å²) in [5.41, 5.74) is 0. The Morgan fingerprint density at radius 2 is 1.81 bits per heavy atom. The number of hydrogen-bond acceptors (Lipinski definition) is 4. The molecule has 1 saturated heterocycles. The highest BCUT2D eigenvalue weighted by atomic mass is 16.3. The van der Waals surface area contributed by atoms with E-state index in [9.17, 15) is 9.59 Å². The predicted octanol–water partition coefficient (Wildman–Crippen LogP) is 1.67. The Labute approximate surface area is 121 Å². The molecule has 21 heavy (non-hydrogen) atoms. The lowest BCUT2D eigenvalue weighted by atomic mass is 9.63. The first-order chi connectivity index (χ1) is 10.3. The van der Waals surface area contributed by atoms with Crippen molar-refractivity contribution in [3.63, 3.8) is 0 Å². The Morgan fingerprint density at radius 1 is 1.14 bits per heavy atom. The van der Waals surface area contributed by atoms with Gasteiger partial charge in [-0.25, -0.2) is 0 Å². The zero-order chi connectivity index (χ0) is 14.1. The van der Waals surface area contributed by atoms with Crippen molar-refractivity contribution >= 4 is 18.0 Å². The molecule has 6 rings (SSSR count). The highest BCUT2D eigenvalue weighted by Gasteiger charge is 2.67. The van der Waals surface area contributed by atoms with Crippen LogP contribution in [0.2, 0.25) is 0 Å². The summed E-state index contributed by atoms with van der Waals surface area (Å²) in [7, 11) is 0. The van der Waals surface area contributed by atoms with E-state index in [0.717, 1.165) is 5.01 Å². The lowest BCUT2D eigenvalue weighted by molar-refractivity contribution is -0.140. The van der Waals surface area contributed by atoms with Crippen LogP contribution in [0, 0.1) is 35.5 Å². The maximum Gasteiger partial charge on any atom is 0.254 e. The number of furan rings is 1. The van der Waals surface area contributed by atoms with Crippen LogP contribution in [-0.2, 0) is 9.59 Å². The topological polar surface area (TPSA) is 62.9 Å². The van der Waals surface area contributed by atoms with Crippen molar-refractivity contribution < 1.29 is 14.0 Å². The maximum absolute atomic E-state index is 12.6. The molecule has 0 radical (unpaired) electrons. The van der Waals surface area contributed by atoms with Crippen LogP contribution in [0.5, 0.6) is 0 Å². The summed E-state index contributed by atoms with van der Waals surface area (Å²) >= 11 is 0. The molecular weight excluding hydrogens is 268 g/mol. The Balaban J connectivity index is 1.48. The summed E-state index contributed by atoms with van der Waals surface area (Å²) in [5, 5.41) is 5.14. The zero-order valence-corrected chi connectivity index (χ0v) is 11.3. The molecule has 2 amide bonds. The van der Waals surface area contributed by atoms with E-state index in [1.807, 2.05) is 0 Å². The fourth-order valence-electron chi connectivity index (χ4n) is 4.53. The fourth-order valence-corrected chi connectivity index (χ4v) is 4.53. The van der Waals surface area contributed by atoms with Gasteiger partial charge in [0, 0.05) is 0 Å². The van der Waals surface area contributed by atoms with Gasteiger partial charge in [-0.1, -0.05) is 12.2 Å². The van der Waals surface area contributed by atoms with Gasteiger partial charge in [-0.2, -0.15) is 10.1 Å². The average Bonchev–Trinajstić information content (AvgIpc) is 3.10. The maximum atomic E-state index is 12.6. The second-order valence-electron chi connectivity index (χ2n) is 6.40. The van der Waals surface area contributed by atoms with Gasteiger partial charge in [0.15, 0.2) is 0 Å². The minimum Gasteiger partial charge on any atom is -0.463 e. The molecule has 5 nitrogen and oxygen atoms in total. The summed E-state index contributed by atoms with van der Waals surface area (Å²) in [6, 6.07) is 3.48. The normalized spacial score (nSPS) is 42.8. The van der Waals surface area contributed by atoms with Gasteiger partial charge in [0.25, 0.3) is 11.8 Å². The number of nitrogens with zero attached hydrogens (tertiary/aromatic N) is 2. The number of hydrogen-bond donors (Lipinski definition) is 0. The molecule has 2 saturated carbocycles. The van der Waals surface area contributed by atoms with Crippen LogP contribution in [0.4, 0.5) is 0 Å². The fraction of sp³-hybridized carbons (Fsp3) is 0.438. The summed E-state index contributed by atoms with van der Waals surface area (Å²) in [4.78, 5) is 25.2. The van der Waals surface area contributed by atoms with Crippen LogP contribution in [0.3, 0.4) is 0 Å². The number of amides is 2. The van der Waals surface area contributed by atoms with Gasteiger partial charge in [-0.15, -0.1) is 0 Å². The summed E-state index contributed by atoms with van der Waals surface area (Å²) in [5.74, 6) is 1.59. The number of rotatable bonds is 2. The predicted molar refractivity (Wildman–Crippen MR) is 72.9 cm³/mol. The van der Waals surface area contributed by atoms with Crippen molar-refractivity contribution in [2.45, 2.75) is 6.42 Å². The molecule has 0 aromatic carbocycles. The lowest BCUT2D eigenvalue weighted by Gasteiger charge is -2.37. The summed E-state index contributed by atoms with van der Waals surface area (Å²) in [6.07, 6.45) is 8.46. The molecule has 0 unspecified atom stereocenters. The van der Waals surface area contributed by atoms with Crippen LogP contribution in [0.1, 0.15) is 12.2 Å². The van der Waals surface area contributed by atoms with Crippen molar-refractivity contribution in [1.29, 1.82) is 0 Å². The van der Waals surface area contributed by atoms with E-state index < -0.39 is 0 Å². The minimum atomic E-state index is -0.190. The molecule has 5 aliphatic rings. The molecule has 1 aromatic heterocycles. The molecular formula is C16H14N2O3. The second kappa shape index (κ2) is 3.72. The first kappa shape index (κ1) is 11.5. The molecule has 1 aliphatic heterocycles. The van der Waals surface area contributed by atoms with Crippen LogP contribution >= 0.6 is 0 Å². The number of allylic oxidation sites excluding steroid dienone is 2. The van der Waals surface area contributed by atoms with E-state index in [1.165, 1.54) is 18.9 Å². The third kappa shape index (κ3) is 1.38. The molecule has 1 aromatic rings. The quantitative estimate of drug-likeness (QED) is 0.471. The van der Waals surface area contributed by atoms with Gasteiger partial charge in [0.2, 0.25) is 0 Å². The molecule has 2 heterocycles. The van der Waals surface area contributed by atoms with Crippen molar-refractivity contribution in [3.8, 4) is 0 Å². The van der Waals surface area contributed by atoms with E-state index in [-0.39, 0.29) is 35.5 Å². The van der Waals surface area contributed by atoms with Gasteiger partial charge >= 0.3 is 0 Å². The molecule has 2 bridgehead atoms. The molecule has 5 heteroatoms. The van der Waals surface area contributed by atoms with E-state index in [4.69, 9.17) is 4.42 Å². The number of carbonyl (C=O) groups excluding carboxylic acids is 2. The number of carbonyl (C=O) groups is 2. The van der Waals surface area contributed by atoms with Crippen LogP contribution < -0.4 is 0 Å². The second-order valence-corrected chi connectivity index (χ2v) is 6.40. The van der Waals surface area contributed by atoms with E-state index in [1.54, 1.807) is 12.1 Å². The molecule has 0 spiro atoms. The van der Waals surface area contributed by atoms with Crippen LogP contribution in [-0.4, -0.2) is 23.0 Å². The Hall–Kier alpha value is -2.17. The third-order valence-electron chi connectivity index (χ3n) is 5.48. The highest BCUT2D eigenvalue weighted by molar-refractivity contribution is 6.06. The highest BCUT2D eigenvalue weighted by Crippen LogP contribution is 2.65. The van der Waals surface area contributed by atoms with Crippen molar-refractivity contribution in [3.05, 3.63) is 36.3 Å². The minimum absolute atomic E-state index is 0.141. The van der Waals surface area contributed by atoms with Gasteiger partial charge in [-0.3, -0.25) is 9.59 Å². The first-order valence-electron chi connectivity index (χ1n) is 7.39. The molecule has 3 fully saturated rings. The Morgan fingerprint density at radius 3 is 2.38 bits per heavy atom. The first-order valence-corrected chi connectivity index (χ1v) is 7.39. The van der Waals surface area contributed by atoms with E-state index >= 15 is 0 Å². The van der Waals surface area contributed by atoms with Gasteiger partial charge < -0.3 is 4.42 Å². The largest absolute Gasteiger partial charge is 0.463 e. The Bertz CT molecular complexity index is 654. The monoisotopic (exact) mass is 282 g/mol. The van der Waals surface area contributed by atoms with Gasteiger partial charge in [-0.05, 0) is 42.2 Å². The van der Waals surface area contributed by atoms with Crippen molar-refractivity contribution in [2.75, 3.05) is 0 Å². The summed E-state index contributed by atoms with van der Waals surface area (Å²) in [6.45, 7) is 0. The SMILES string of the molecule is O=C1[C@@H]2[C@H]3C=C[C@@H]([C@@H]4C[C@@H]34)[C@@H]2C(=O)N1N=Cc1ccco1. The van der Waals surface area contributed by atoms with Gasteiger partial charge in [0.1, 0.15) is 5.76 Å². The Kier molecular flexibility index (Phi) is 2.04. The molecule has 4 aliphatic carbocycles. The van der Waals surface area contributed by atoms with E-state index in [0.29, 0.717) is 17.6 Å². The smallest absolute Gasteiger partial charge is 0.254 e. The summed E-state index contributed by atoms with van der Waals surface area (Å²) < 4.78 is 5.15. The lowest BCUT2D eigenvalue weighted by Crippen LogP contribution is -2.40. The van der Waals surface area contributed by atoms with Crippen molar-refractivity contribution in [2.24, 2.45) is 40.6 Å². The standard InChI is InChI=1S/C16H14N2O3/c19-15-13-9-3-4-10(12-6-11(9)12)14(13)16(20)18(15)17-7-8-2-1-5-21-8/h1-5,7,9-14H,6H2/t9-,10-,11-,12-,13-,14+/m0/s1. The number of imide groups is 1. The average molecular weight is 282 g/mol. The number of hydrazone groups is 1. The van der Waals surface area contributed by atoms with Crippen LogP contribution in [0.15, 0.2) is 40.1 Å². The van der Waals surface area contributed by atoms with Crippen LogP contribution in [0.25, 0.3) is 0 Å². The molecule has 6 atom stereocenters.